The van der Waals surface area contributed by atoms with E-state index in [9.17, 15) is 4.79 Å². The third kappa shape index (κ3) is 2.52. The molecular weight excluding hydrogens is 294 g/mol. The number of amides is 1. The van der Waals surface area contributed by atoms with Crippen molar-refractivity contribution in [3.8, 4) is 0 Å². The molecule has 0 radical (unpaired) electrons. The molecule has 2 aromatic heterocycles. The number of nitrogens with zero attached hydrogens (tertiary/aromatic N) is 2. The standard InChI is InChI=1S/C17H19N3OS/c1-4-11(2)20-15(9-10-18-20)19-17(21)16-12(3)13-7-5-6-8-14(13)22-16/h5-11H,4H2,1-3H3,(H,19,21). The third-order valence-electron chi connectivity index (χ3n) is 3.97. The molecule has 0 saturated carbocycles. The van der Waals surface area contributed by atoms with E-state index in [1.807, 2.05) is 35.9 Å². The molecule has 5 heteroatoms. The van der Waals surface area contributed by atoms with Crippen LogP contribution in [0.5, 0.6) is 0 Å². The number of aromatic nitrogens is 2. The molecule has 114 valence electrons. The Morgan fingerprint density at radius 3 is 2.86 bits per heavy atom. The van der Waals surface area contributed by atoms with E-state index in [0.29, 0.717) is 0 Å². The van der Waals surface area contributed by atoms with Crippen molar-refractivity contribution in [1.82, 2.24) is 9.78 Å². The van der Waals surface area contributed by atoms with E-state index < -0.39 is 0 Å². The smallest absolute Gasteiger partial charge is 0.267 e. The summed E-state index contributed by atoms with van der Waals surface area (Å²) in [6, 6.07) is 10.2. The molecule has 0 aliphatic rings. The van der Waals surface area contributed by atoms with Gasteiger partial charge in [0.15, 0.2) is 0 Å². The number of hydrogen-bond donors (Lipinski definition) is 1. The molecule has 0 aliphatic carbocycles. The van der Waals surface area contributed by atoms with Gasteiger partial charge < -0.3 is 5.32 Å². The maximum atomic E-state index is 12.6. The van der Waals surface area contributed by atoms with E-state index in [1.54, 1.807) is 6.20 Å². The minimum atomic E-state index is -0.0660. The van der Waals surface area contributed by atoms with Gasteiger partial charge in [0.1, 0.15) is 5.82 Å². The predicted octanol–water partition coefficient (Wildman–Crippen LogP) is 4.63. The zero-order valence-corrected chi connectivity index (χ0v) is 13.8. The second kappa shape index (κ2) is 5.93. The van der Waals surface area contributed by atoms with E-state index >= 15 is 0 Å². The lowest BCUT2D eigenvalue weighted by atomic mass is 10.1. The van der Waals surface area contributed by atoms with Gasteiger partial charge in [-0.1, -0.05) is 25.1 Å². The summed E-state index contributed by atoms with van der Waals surface area (Å²) in [6.07, 6.45) is 2.69. The van der Waals surface area contributed by atoms with Crippen LogP contribution < -0.4 is 5.32 Å². The molecule has 1 aromatic carbocycles. The van der Waals surface area contributed by atoms with Gasteiger partial charge in [0.05, 0.1) is 17.1 Å². The number of carbonyl (C=O) groups is 1. The highest BCUT2D eigenvalue weighted by Gasteiger charge is 2.17. The van der Waals surface area contributed by atoms with Crippen LogP contribution in [-0.2, 0) is 0 Å². The summed E-state index contributed by atoms with van der Waals surface area (Å²) in [7, 11) is 0. The van der Waals surface area contributed by atoms with Crippen LogP contribution in [0.15, 0.2) is 36.5 Å². The van der Waals surface area contributed by atoms with Crippen molar-refractivity contribution in [3.05, 3.63) is 47.0 Å². The average Bonchev–Trinajstić information content (AvgIpc) is 3.12. The first-order chi connectivity index (χ1) is 10.6. The maximum absolute atomic E-state index is 12.6. The first-order valence-electron chi connectivity index (χ1n) is 7.44. The number of benzene rings is 1. The molecular formula is C17H19N3OS. The van der Waals surface area contributed by atoms with Crippen molar-refractivity contribution in [2.75, 3.05) is 5.32 Å². The molecule has 1 unspecified atom stereocenters. The summed E-state index contributed by atoms with van der Waals surface area (Å²) < 4.78 is 3.00. The largest absolute Gasteiger partial charge is 0.306 e. The number of rotatable bonds is 4. The van der Waals surface area contributed by atoms with E-state index in [4.69, 9.17) is 0 Å². The monoisotopic (exact) mass is 313 g/mol. The van der Waals surface area contributed by atoms with Crippen molar-refractivity contribution in [3.63, 3.8) is 0 Å². The Bertz CT molecular complexity index is 818. The summed E-state index contributed by atoms with van der Waals surface area (Å²) in [5, 5.41) is 8.45. The van der Waals surface area contributed by atoms with Crippen LogP contribution in [0.25, 0.3) is 10.1 Å². The fraction of sp³-hybridized carbons (Fsp3) is 0.294. The first-order valence-corrected chi connectivity index (χ1v) is 8.26. The van der Waals surface area contributed by atoms with Crippen LogP contribution in [0.2, 0.25) is 0 Å². The number of carbonyl (C=O) groups excluding carboxylic acids is 1. The van der Waals surface area contributed by atoms with Gasteiger partial charge in [0.25, 0.3) is 5.91 Å². The van der Waals surface area contributed by atoms with Gasteiger partial charge in [-0.05, 0) is 37.3 Å². The Morgan fingerprint density at radius 1 is 1.36 bits per heavy atom. The number of anilines is 1. The molecule has 0 saturated heterocycles. The van der Waals surface area contributed by atoms with Crippen molar-refractivity contribution in [2.45, 2.75) is 33.2 Å². The Balaban J connectivity index is 1.91. The highest BCUT2D eigenvalue weighted by atomic mass is 32.1. The fourth-order valence-electron chi connectivity index (χ4n) is 2.50. The number of nitrogens with one attached hydrogen (secondary N) is 1. The van der Waals surface area contributed by atoms with Crippen LogP contribution in [0.4, 0.5) is 5.82 Å². The Morgan fingerprint density at radius 2 is 2.14 bits per heavy atom. The molecule has 1 atom stereocenters. The number of thiophene rings is 1. The normalized spacial score (nSPS) is 12.5. The third-order valence-corrected chi connectivity index (χ3v) is 5.24. The van der Waals surface area contributed by atoms with Crippen molar-refractivity contribution < 1.29 is 4.79 Å². The first kappa shape index (κ1) is 14.8. The van der Waals surface area contributed by atoms with E-state index in [-0.39, 0.29) is 11.9 Å². The molecule has 0 aliphatic heterocycles. The predicted molar refractivity (Wildman–Crippen MR) is 91.7 cm³/mol. The van der Waals surface area contributed by atoms with Crippen LogP contribution in [-0.4, -0.2) is 15.7 Å². The van der Waals surface area contributed by atoms with Crippen molar-refractivity contribution >= 4 is 33.1 Å². The average molecular weight is 313 g/mol. The zero-order valence-electron chi connectivity index (χ0n) is 13.0. The SMILES string of the molecule is CCC(C)n1nccc1NC(=O)c1sc2ccccc2c1C. The van der Waals surface area contributed by atoms with Gasteiger partial charge in [-0.2, -0.15) is 5.10 Å². The van der Waals surface area contributed by atoms with Crippen LogP contribution in [0, 0.1) is 6.92 Å². The lowest BCUT2D eigenvalue weighted by Gasteiger charge is -2.14. The number of fused-ring (bicyclic) bond motifs is 1. The number of aryl methyl sites for hydroxylation is 1. The summed E-state index contributed by atoms with van der Waals surface area (Å²) in [5.74, 6) is 0.681. The fourth-order valence-corrected chi connectivity index (χ4v) is 3.61. The Hall–Kier alpha value is -2.14. The summed E-state index contributed by atoms with van der Waals surface area (Å²) in [6.45, 7) is 6.20. The minimum absolute atomic E-state index is 0.0660. The molecule has 1 amide bonds. The van der Waals surface area contributed by atoms with Crippen molar-refractivity contribution in [1.29, 1.82) is 0 Å². The molecule has 1 N–H and O–H groups in total. The van der Waals surface area contributed by atoms with Crippen molar-refractivity contribution in [2.24, 2.45) is 0 Å². The van der Waals surface area contributed by atoms with E-state index in [2.05, 4.69) is 30.3 Å². The van der Waals surface area contributed by atoms with Crippen LogP contribution in [0.1, 0.15) is 41.5 Å². The summed E-state index contributed by atoms with van der Waals surface area (Å²) in [4.78, 5) is 13.4. The van der Waals surface area contributed by atoms with Gasteiger partial charge in [-0.25, -0.2) is 4.68 Å². The topological polar surface area (TPSA) is 46.9 Å². The number of hydrogen-bond acceptors (Lipinski definition) is 3. The van der Waals surface area contributed by atoms with Crippen LogP contribution in [0.3, 0.4) is 0 Å². The van der Waals surface area contributed by atoms with Gasteiger partial charge >= 0.3 is 0 Å². The minimum Gasteiger partial charge on any atom is -0.306 e. The molecule has 0 spiro atoms. The highest BCUT2D eigenvalue weighted by Crippen LogP contribution is 2.31. The summed E-state index contributed by atoms with van der Waals surface area (Å²) >= 11 is 1.53. The molecule has 0 bridgehead atoms. The van der Waals surface area contributed by atoms with Crippen LogP contribution >= 0.6 is 11.3 Å². The molecule has 3 aromatic rings. The van der Waals surface area contributed by atoms with Gasteiger partial charge in [-0.15, -0.1) is 11.3 Å². The Kier molecular flexibility index (Phi) is 3.98. The van der Waals surface area contributed by atoms with Gasteiger partial charge in [0, 0.05) is 10.8 Å². The quantitative estimate of drug-likeness (QED) is 0.763. The molecule has 22 heavy (non-hydrogen) atoms. The highest BCUT2D eigenvalue weighted by molar-refractivity contribution is 7.21. The van der Waals surface area contributed by atoms with Gasteiger partial charge in [0.2, 0.25) is 0 Å². The lowest BCUT2D eigenvalue weighted by molar-refractivity contribution is 0.102. The molecule has 2 heterocycles. The van der Waals surface area contributed by atoms with Gasteiger partial charge in [-0.3, -0.25) is 4.79 Å². The molecule has 4 nitrogen and oxygen atoms in total. The maximum Gasteiger partial charge on any atom is 0.267 e. The summed E-state index contributed by atoms with van der Waals surface area (Å²) in [5.41, 5.74) is 1.03. The van der Waals surface area contributed by atoms with E-state index in [1.165, 1.54) is 11.3 Å². The molecule has 3 rings (SSSR count). The van der Waals surface area contributed by atoms with E-state index in [0.717, 1.165) is 32.8 Å². The Labute approximate surface area is 133 Å². The lowest BCUT2D eigenvalue weighted by Crippen LogP contribution is -2.17. The molecule has 0 fully saturated rings. The second-order valence-electron chi connectivity index (χ2n) is 5.42. The zero-order chi connectivity index (χ0) is 15.7. The second-order valence-corrected chi connectivity index (χ2v) is 6.48.